The number of unbranched alkanes of at least 4 members (excludes halogenated alkanes) is 1. The quantitative estimate of drug-likeness (QED) is 0.536. The lowest BCUT2D eigenvalue weighted by Crippen LogP contribution is -2.34. The first-order chi connectivity index (χ1) is 13.3. The van der Waals surface area contributed by atoms with Crippen molar-refractivity contribution in [2.24, 2.45) is 0 Å². The van der Waals surface area contributed by atoms with E-state index in [2.05, 4.69) is 6.92 Å². The summed E-state index contributed by atoms with van der Waals surface area (Å²) in [5.41, 5.74) is 1.29. The summed E-state index contributed by atoms with van der Waals surface area (Å²) in [6.45, 7) is 7.52. The molecule has 148 valence electrons. The number of hydrogen-bond donors (Lipinski definition) is 0. The summed E-state index contributed by atoms with van der Waals surface area (Å²) in [7, 11) is 0. The number of amides is 1. The van der Waals surface area contributed by atoms with E-state index in [1.165, 1.54) is 4.90 Å². The van der Waals surface area contributed by atoms with Gasteiger partial charge in [0.2, 0.25) is 0 Å². The van der Waals surface area contributed by atoms with Crippen LogP contribution >= 0.6 is 0 Å². The molecule has 0 atom stereocenters. The van der Waals surface area contributed by atoms with Crippen molar-refractivity contribution in [3.05, 3.63) is 72.4 Å². The van der Waals surface area contributed by atoms with Gasteiger partial charge in [-0.2, -0.15) is 0 Å². The van der Waals surface area contributed by atoms with E-state index in [0.29, 0.717) is 17.7 Å². The maximum absolute atomic E-state index is 12.9. The van der Waals surface area contributed by atoms with E-state index in [4.69, 9.17) is 4.74 Å². The van der Waals surface area contributed by atoms with E-state index in [9.17, 15) is 9.59 Å². The van der Waals surface area contributed by atoms with E-state index in [-0.39, 0.29) is 5.78 Å². The summed E-state index contributed by atoms with van der Waals surface area (Å²) in [6.07, 6.45) is 3.27. The van der Waals surface area contributed by atoms with Crippen LogP contribution in [0.25, 0.3) is 5.57 Å². The maximum atomic E-state index is 12.9. The SMILES string of the molecule is CCCCC(=O)/C(=C/N(C(=O)OC(C)(C)C)c1ccccc1)c1ccccc1. The molecule has 2 rings (SSSR count). The third-order valence-electron chi connectivity index (χ3n) is 4.03. The Bertz CT molecular complexity index is 805. The first-order valence-corrected chi connectivity index (χ1v) is 9.69. The summed E-state index contributed by atoms with van der Waals surface area (Å²) in [4.78, 5) is 27.3. The van der Waals surface area contributed by atoms with Crippen molar-refractivity contribution < 1.29 is 14.3 Å². The molecule has 0 spiro atoms. The lowest BCUT2D eigenvalue weighted by molar-refractivity contribution is -0.113. The van der Waals surface area contributed by atoms with Crippen molar-refractivity contribution in [1.82, 2.24) is 0 Å². The zero-order valence-corrected chi connectivity index (χ0v) is 17.1. The Kier molecular flexibility index (Phi) is 7.56. The summed E-state index contributed by atoms with van der Waals surface area (Å²) >= 11 is 0. The average Bonchev–Trinajstić information content (AvgIpc) is 2.67. The molecule has 0 bridgehead atoms. The van der Waals surface area contributed by atoms with Crippen molar-refractivity contribution in [1.29, 1.82) is 0 Å². The Morgan fingerprint density at radius 1 is 0.964 bits per heavy atom. The summed E-state index contributed by atoms with van der Waals surface area (Å²) in [5, 5.41) is 0. The zero-order chi connectivity index (χ0) is 20.6. The molecule has 0 aliphatic carbocycles. The van der Waals surface area contributed by atoms with Crippen LogP contribution in [0.3, 0.4) is 0 Å². The Hall–Kier alpha value is -2.88. The van der Waals surface area contributed by atoms with Gasteiger partial charge >= 0.3 is 6.09 Å². The molecule has 4 heteroatoms. The second kappa shape index (κ2) is 9.88. The van der Waals surface area contributed by atoms with Crippen molar-refractivity contribution in [3.63, 3.8) is 0 Å². The van der Waals surface area contributed by atoms with E-state index in [1.54, 1.807) is 6.20 Å². The molecule has 2 aromatic rings. The second-order valence-corrected chi connectivity index (χ2v) is 7.62. The Labute approximate surface area is 167 Å². The van der Waals surface area contributed by atoms with Crippen LogP contribution in [0.1, 0.15) is 52.5 Å². The molecule has 2 aromatic carbocycles. The fourth-order valence-corrected chi connectivity index (χ4v) is 2.66. The minimum atomic E-state index is -0.642. The van der Waals surface area contributed by atoms with Gasteiger partial charge in [-0.3, -0.25) is 9.69 Å². The molecule has 0 N–H and O–H groups in total. The van der Waals surface area contributed by atoms with Gasteiger partial charge in [-0.25, -0.2) is 4.79 Å². The van der Waals surface area contributed by atoms with E-state index >= 15 is 0 Å². The molecule has 0 aromatic heterocycles. The molecule has 0 heterocycles. The number of benzene rings is 2. The van der Waals surface area contributed by atoms with E-state index in [0.717, 1.165) is 18.4 Å². The Balaban J connectivity index is 2.51. The molecule has 0 radical (unpaired) electrons. The van der Waals surface area contributed by atoms with Crippen LogP contribution in [0.4, 0.5) is 10.5 Å². The highest BCUT2D eigenvalue weighted by Gasteiger charge is 2.24. The van der Waals surface area contributed by atoms with Crippen molar-refractivity contribution in [2.45, 2.75) is 52.6 Å². The van der Waals surface area contributed by atoms with Gasteiger partial charge in [0, 0.05) is 18.2 Å². The average molecular weight is 380 g/mol. The maximum Gasteiger partial charge on any atom is 0.418 e. The smallest absolute Gasteiger partial charge is 0.418 e. The second-order valence-electron chi connectivity index (χ2n) is 7.62. The number of ether oxygens (including phenoxy) is 1. The standard InChI is InChI=1S/C24H29NO3/c1-5-6-17-22(26)21(19-13-9-7-10-14-19)18-25(20-15-11-8-12-16-20)23(27)28-24(2,3)4/h7-16,18H,5-6,17H2,1-4H3/b21-18+. The number of anilines is 1. The van der Waals surface area contributed by atoms with Crippen LogP contribution in [0.2, 0.25) is 0 Å². The van der Waals surface area contributed by atoms with Crippen LogP contribution in [0, 0.1) is 0 Å². The normalized spacial score (nSPS) is 11.8. The highest BCUT2D eigenvalue weighted by atomic mass is 16.6. The number of carbonyl (C=O) groups is 2. The van der Waals surface area contributed by atoms with Gasteiger partial charge in [-0.1, -0.05) is 61.9 Å². The van der Waals surface area contributed by atoms with Crippen molar-refractivity contribution in [3.8, 4) is 0 Å². The number of rotatable bonds is 7. The fraction of sp³-hybridized carbons (Fsp3) is 0.333. The number of ketones is 1. The van der Waals surface area contributed by atoms with E-state index < -0.39 is 11.7 Å². The number of hydrogen-bond acceptors (Lipinski definition) is 3. The highest BCUT2D eigenvalue weighted by Crippen LogP contribution is 2.24. The van der Waals surface area contributed by atoms with Crippen LogP contribution < -0.4 is 4.90 Å². The third-order valence-corrected chi connectivity index (χ3v) is 4.03. The molecule has 0 aliphatic heterocycles. The molecular formula is C24H29NO3. The number of nitrogens with zero attached hydrogens (tertiary/aromatic N) is 1. The molecule has 0 fully saturated rings. The molecule has 0 unspecified atom stereocenters. The monoisotopic (exact) mass is 379 g/mol. The van der Waals surface area contributed by atoms with Crippen molar-refractivity contribution >= 4 is 23.1 Å². The molecule has 0 saturated carbocycles. The molecule has 4 nitrogen and oxygen atoms in total. The minimum Gasteiger partial charge on any atom is -0.443 e. The Morgan fingerprint density at radius 2 is 1.54 bits per heavy atom. The van der Waals surface area contributed by atoms with Gasteiger partial charge in [0.05, 0.1) is 5.69 Å². The molecule has 1 amide bonds. The number of Topliss-reactive ketones (excluding diaryl/α,β-unsaturated/α-hetero) is 1. The van der Waals surface area contributed by atoms with Crippen LogP contribution in [-0.2, 0) is 9.53 Å². The van der Waals surface area contributed by atoms with Gasteiger partial charge in [0.15, 0.2) is 5.78 Å². The first kappa shape index (κ1) is 21.4. The molecule has 28 heavy (non-hydrogen) atoms. The lowest BCUT2D eigenvalue weighted by atomic mass is 9.99. The van der Waals surface area contributed by atoms with Gasteiger partial charge in [0.25, 0.3) is 0 Å². The Morgan fingerprint density at radius 3 is 2.07 bits per heavy atom. The zero-order valence-electron chi connectivity index (χ0n) is 17.1. The van der Waals surface area contributed by atoms with Crippen LogP contribution in [-0.4, -0.2) is 17.5 Å². The number of carbonyl (C=O) groups excluding carboxylic acids is 2. The summed E-state index contributed by atoms with van der Waals surface area (Å²) < 4.78 is 5.58. The molecular weight excluding hydrogens is 350 g/mol. The predicted molar refractivity (Wildman–Crippen MR) is 114 cm³/mol. The van der Waals surface area contributed by atoms with Crippen LogP contribution in [0.15, 0.2) is 66.9 Å². The fourth-order valence-electron chi connectivity index (χ4n) is 2.66. The van der Waals surface area contributed by atoms with Crippen molar-refractivity contribution in [2.75, 3.05) is 4.90 Å². The topological polar surface area (TPSA) is 46.6 Å². The van der Waals surface area contributed by atoms with Gasteiger partial charge in [-0.05, 0) is 44.9 Å². The number of allylic oxidation sites excluding steroid dienone is 1. The van der Waals surface area contributed by atoms with E-state index in [1.807, 2.05) is 81.4 Å². The minimum absolute atomic E-state index is 0.0116. The van der Waals surface area contributed by atoms with Crippen LogP contribution in [0.5, 0.6) is 0 Å². The highest BCUT2D eigenvalue weighted by molar-refractivity contribution is 6.21. The largest absolute Gasteiger partial charge is 0.443 e. The summed E-state index contributed by atoms with van der Waals surface area (Å²) in [5.74, 6) is 0.0116. The van der Waals surface area contributed by atoms with Gasteiger partial charge in [-0.15, -0.1) is 0 Å². The summed E-state index contributed by atoms with van der Waals surface area (Å²) in [6, 6.07) is 18.7. The molecule has 0 saturated heterocycles. The third kappa shape index (κ3) is 6.38. The predicted octanol–water partition coefficient (Wildman–Crippen LogP) is 6.23. The lowest BCUT2D eigenvalue weighted by Gasteiger charge is -2.26. The first-order valence-electron chi connectivity index (χ1n) is 9.69. The van der Waals surface area contributed by atoms with Gasteiger partial charge in [0.1, 0.15) is 5.60 Å². The molecule has 0 aliphatic rings. The van der Waals surface area contributed by atoms with Gasteiger partial charge < -0.3 is 4.74 Å². The number of para-hydroxylation sites is 1.